The number of hydrogen-bond donors (Lipinski definition) is 0. The third-order valence-electron chi connectivity index (χ3n) is 3.83. The lowest BCUT2D eigenvalue weighted by molar-refractivity contribution is 0.394. The maximum atomic E-state index is 2.43. The molecule has 0 nitrogen and oxygen atoms in total. The fourth-order valence-electron chi connectivity index (χ4n) is 3.15. The number of rotatable bonds is 0. The SMILES string of the molecule is CC12CC=Cc3cccc(c31)CCC2. The quantitative estimate of drug-likeness (QED) is 0.576. The van der Waals surface area contributed by atoms with Gasteiger partial charge in [0.15, 0.2) is 0 Å². The number of aryl methyl sites for hydroxylation is 1. The first-order valence-corrected chi connectivity index (χ1v) is 5.58. The van der Waals surface area contributed by atoms with Crippen molar-refractivity contribution >= 4 is 6.08 Å². The van der Waals surface area contributed by atoms with Gasteiger partial charge in [0.2, 0.25) is 0 Å². The van der Waals surface area contributed by atoms with Gasteiger partial charge >= 0.3 is 0 Å². The fraction of sp³-hybridized carbons (Fsp3) is 0.429. The number of allylic oxidation sites excluding steroid dienone is 1. The summed E-state index contributed by atoms with van der Waals surface area (Å²) in [6, 6.07) is 6.78. The molecule has 1 aromatic carbocycles. The minimum absolute atomic E-state index is 0.443. The largest absolute Gasteiger partial charge is 0.0831 e. The van der Waals surface area contributed by atoms with Crippen LogP contribution < -0.4 is 0 Å². The first-order chi connectivity index (χ1) is 6.80. The van der Waals surface area contributed by atoms with E-state index in [1.807, 2.05) is 0 Å². The summed E-state index contributed by atoms with van der Waals surface area (Å²) < 4.78 is 0. The van der Waals surface area contributed by atoms with Crippen LogP contribution in [0.15, 0.2) is 24.3 Å². The number of hydrogen-bond acceptors (Lipinski definition) is 0. The maximum Gasteiger partial charge on any atom is -0.00319 e. The van der Waals surface area contributed by atoms with Gasteiger partial charge in [0.05, 0.1) is 0 Å². The predicted molar refractivity (Wildman–Crippen MR) is 60.4 cm³/mol. The zero-order chi connectivity index (χ0) is 9.60. The first kappa shape index (κ1) is 8.28. The zero-order valence-electron chi connectivity index (χ0n) is 8.72. The van der Waals surface area contributed by atoms with E-state index >= 15 is 0 Å². The summed E-state index contributed by atoms with van der Waals surface area (Å²) >= 11 is 0. The van der Waals surface area contributed by atoms with Gasteiger partial charge in [0, 0.05) is 0 Å². The Labute approximate surface area is 85.6 Å². The van der Waals surface area contributed by atoms with Gasteiger partial charge in [-0.25, -0.2) is 0 Å². The lowest BCUT2D eigenvalue weighted by Crippen LogP contribution is -2.29. The normalized spacial score (nSPS) is 28.6. The van der Waals surface area contributed by atoms with Gasteiger partial charge in [0.1, 0.15) is 0 Å². The van der Waals surface area contributed by atoms with Crippen LogP contribution in [-0.4, -0.2) is 0 Å². The van der Waals surface area contributed by atoms with Crippen molar-refractivity contribution in [1.82, 2.24) is 0 Å². The molecule has 0 bridgehead atoms. The van der Waals surface area contributed by atoms with E-state index in [0.717, 1.165) is 0 Å². The molecule has 0 heterocycles. The molecule has 14 heavy (non-hydrogen) atoms. The average molecular weight is 184 g/mol. The summed E-state index contributed by atoms with van der Waals surface area (Å²) in [6.07, 6.45) is 9.88. The van der Waals surface area contributed by atoms with E-state index in [9.17, 15) is 0 Å². The van der Waals surface area contributed by atoms with E-state index in [1.54, 1.807) is 11.1 Å². The van der Waals surface area contributed by atoms with E-state index in [0.29, 0.717) is 5.41 Å². The topological polar surface area (TPSA) is 0 Å². The summed E-state index contributed by atoms with van der Waals surface area (Å²) in [5, 5.41) is 0. The van der Waals surface area contributed by atoms with Gasteiger partial charge in [-0.2, -0.15) is 0 Å². The van der Waals surface area contributed by atoms with Crippen LogP contribution in [0.25, 0.3) is 6.08 Å². The molecule has 0 radical (unpaired) electrons. The monoisotopic (exact) mass is 184 g/mol. The highest BCUT2D eigenvalue weighted by Gasteiger charge is 2.33. The van der Waals surface area contributed by atoms with Crippen molar-refractivity contribution in [2.75, 3.05) is 0 Å². The van der Waals surface area contributed by atoms with Gasteiger partial charge in [0.25, 0.3) is 0 Å². The Morgan fingerprint density at radius 3 is 3.14 bits per heavy atom. The van der Waals surface area contributed by atoms with Crippen LogP contribution in [-0.2, 0) is 11.8 Å². The van der Waals surface area contributed by atoms with Crippen LogP contribution >= 0.6 is 0 Å². The lowest BCUT2D eigenvalue weighted by atomic mass is 9.66. The van der Waals surface area contributed by atoms with E-state index in [1.165, 1.54) is 31.2 Å². The van der Waals surface area contributed by atoms with Crippen LogP contribution in [0.5, 0.6) is 0 Å². The molecule has 0 N–H and O–H groups in total. The summed E-state index contributed by atoms with van der Waals surface area (Å²) in [5.41, 5.74) is 5.16. The smallest absolute Gasteiger partial charge is 0.00319 e. The third-order valence-corrected chi connectivity index (χ3v) is 3.83. The van der Waals surface area contributed by atoms with E-state index in [4.69, 9.17) is 0 Å². The molecule has 72 valence electrons. The second kappa shape index (κ2) is 2.73. The van der Waals surface area contributed by atoms with Gasteiger partial charge in [-0.05, 0) is 47.8 Å². The van der Waals surface area contributed by atoms with Crippen LogP contribution in [0.2, 0.25) is 0 Å². The molecule has 0 aromatic heterocycles. The van der Waals surface area contributed by atoms with Crippen molar-refractivity contribution in [1.29, 1.82) is 0 Å². The fourth-order valence-corrected chi connectivity index (χ4v) is 3.15. The molecule has 3 rings (SSSR count). The highest BCUT2D eigenvalue weighted by atomic mass is 14.4. The molecule has 1 atom stereocenters. The van der Waals surface area contributed by atoms with Crippen LogP contribution in [0.1, 0.15) is 42.9 Å². The molecule has 0 fully saturated rings. The van der Waals surface area contributed by atoms with E-state index in [-0.39, 0.29) is 0 Å². The molecule has 0 spiro atoms. The summed E-state index contributed by atoms with van der Waals surface area (Å²) in [6.45, 7) is 2.43. The van der Waals surface area contributed by atoms with Gasteiger partial charge in [-0.1, -0.05) is 37.3 Å². The second-order valence-corrected chi connectivity index (χ2v) is 4.90. The van der Waals surface area contributed by atoms with Gasteiger partial charge in [-0.3, -0.25) is 0 Å². The molecular formula is C14H16. The number of benzene rings is 1. The van der Waals surface area contributed by atoms with Gasteiger partial charge in [-0.15, -0.1) is 0 Å². The maximum absolute atomic E-state index is 2.43. The van der Waals surface area contributed by atoms with Crippen molar-refractivity contribution in [2.45, 2.75) is 38.0 Å². The Hall–Kier alpha value is -1.04. The Morgan fingerprint density at radius 2 is 2.21 bits per heavy atom. The van der Waals surface area contributed by atoms with E-state index < -0.39 is 0 Å². The Balaban J connectivity index is 2.30. The van der Waals surface area contributed by atoms with Crippen molar-refractivity contribution in [3.05, 3.63) is 41.0 Å². The van der Waals surface area contributed by atoms with Crippen molar-refractivity contribution in [3.63, 3.8) is 0 Å². The standard InChI is InChI=1S/C14H16/c1-14-9-3-7-11-5-2-6-12(13(11)14)8-4-10-14/h2-3,5-7H,4,8-10H2,1H3. The predicted octanol–water partition coefficient (Wildman–Crippen LogP) is 3.70. The third kappa shape index (κ3) is 1.00. The van der Waals surface area contributed by atoms with Gasteiger partial charge < -0.3 is 0 Å². The lowest BCUT2D eigenvalue weighted by Gasteiger charge is -2.38. The summed E-state index contributed by atoms with van der Waals surface area (Å²) in [5.74, 6) is 0. The molecule has 1 unspecified atom stereocenters. The average Bonchev–Trinajstić information content (AvgIpc) is 2.18. The molecule has 2 aliphatic rings. The minimum atomic E-state index is 0.443. The van der Waals surface area contributed by atoms with Crippen LogP contribution in [0.3, 0.4) is 0 Å². The Bertz CT molecular complexity index is 400. The zero-order valence-corrected chi connectivity index (χ0v) is 8.72. The van der Waals surface area contributed by atoms with Crippen LogP contribution in [0.4, 0.5) is 0 Å². The Kier molecular flexibility index (Phi) is 1.61. The summed E-state index contributed by atoms with van der Waals surface area (Å²) in [4.78, 5) is 0. The second-order valence-electron chi connectivity index (χ2n) is 4.90. The molecule has 0 amide bonds. The van der Waals surface area contributed by atoms with Crippen molar-refractivity contribution < 1.29 is 0 Å². The molecule has 1 aromatic rings. The first-order valence-electron chi connectivity index (χ1n) is 5.58. The highest BCUT2D eigenvalue weighted by molar-refractivity contribution is 5.62. The molecular weight excluding hydrogens is 168 g/mol. The van der Waals surface area contributed by atoms with E-state index in [2.05, 4.69) is 37.3 Å². The molecule has 2 aliphatic carbocycles. The van der Waals surface area contributed by atoms with Crippen LogP contribution in [0, 0.1) is 0 Å². The van der Waals surface area contributed by atoms with Crippen molar-refractivity contribution in [3.8, 4) is 0 Å². The molecule has 0 aliphatic heterocycles. The summed E-state index contributed by atoms with van der Waals surface area (Å²) in [7, 11) is 0. The highest BCUT2D eigenvalue weighted by Crippen LogP contribution is 2.44. The molecule has 0 saturated heterocycles. The minimum Gasteiger partial charge on any atom is -0.0831 e. The van der Waals surface area contributed by atoms with Crippen molar-refractivity contribution in [2.24, 2.45) is 0 Å². The molecule has 0 heteroatoms. The Morgan fingerprint density at radius 1 is 1.29 bits per heavy atom. The molecule has 0 saturated carbocycles.